The average molecular weight is 429 g/mol. The summed E-state index contributed by atoms with van der Waals surface area (Å²) in [5.41, 5.74) is 0.830. The van der Waals surface area contributed by atoms with Gasteiger partial charge >= 0.3 is 0 Å². The third-order valence-electron chi connectivity index (χ3n) is 4.53. The first-order chi connectivity index (χ1) is 12.7. The van der Waals surface area contributed by atoms with E-state index in [0.717, 1.165) is 19.3 Å². The molecule has 0 aromatic heterocycles. The molecule has 1 saturated heterocycles. The topological polar surface area (TPSA) is 83.6 Å². The Labute approximate surface area is 165 Å². The lowest BCUT2D eigenvalue weighted by atomic mass is 10.2. The second-order valence-electron chi connectivity index (χ2n) is 6.48. The van der Waals surface area contributed by atoms with Crippen molar-refractivity contribution >= 4 is 37.3 Å². The number of hydrogen-bond acceptors (Lipinski definition) is 4. The molecule has 0 amide bonds. The summed E-state index contributed by atoms with van der Waals surface area (Å²) < 4.78 is 55.0. The number of nitrogens with zero attached hydrogens (tertiary/aromatic N) is 1. The molecule has 9 heteroatoms. The zero-order chi connectivity index (χ0) is 19.7. The van der Waals surface area contributed by atoms with Gasteiger partial charge in [-0.3, -0.25) is 4.72 Å². The van der Waals surface area contributed by atoms with Crippen molar-refractivity contribution in [3.05, 3.63) is 53.1 Å². The molecule has 2 aromatic rings. The Morgan fingerprint density at radius 2 is 1.63 bits per heavy atom. The third kappa shape index (κ3) is 4.29. The Morgan fingerprint density at radius 3 is 2.30 bits per heavy atom. The number of anilines is 1. The summed E-state index contributed by atoms with van der Waals surface area (Å²) >= 11 is 6.00. The minimum Gasteiger partial charge on any atom is -0.279 e. The molecule has 3 rings (SSSR count). The third-order valence-corrected chi connectivity index (χ3v) is 8.29. The van der Waals surface area contributed by atoms with E-state index in [2.05, 4.69) is 4.72 Å². The monoisotopic (exact) mass is 428 g/mol. The van der Waals surface area contributed by atoms with Crippen LogP contribution >= 0.6 is 11.6 Å². The van der Waals surface area contributed by atoms with Gasteiger partial charge < -0.3 is 0 Å². The molecule has 0 spiro atoms. The molecular formula is C18H21ClN2O4S2. The van der Waals surface area contributed by atoms with Crippen LogP contribution in [0, 0.1) is 6.92 Å². The van der Waals surface area contributed by atoms with Crippen LogP contribution in [0.15, 0.2) is 52.3 Å². The summed E-state index contributed by atoms with van der Waals surface area (Å²) in [6, 6.07) is 10.6. The summed E-state index contributed by atoms with van der Waals surface area (Å²) in [5, 5.41) is 0.0970. The lowest BCUT2D eigenvalue weighted by Gasteiger charge is -2.26. The normalized spacial score (nSPS) is 16.2. The molecule has 0 aliphatic carbocycles. The minimum atomic E-state index is -3.94. The molecular weight excluding hydrogens is 408 g/mol. The van der Waals surface area contributed by atoms with Crippen molar-refractivity contribution in [1.82, 2.24) is 4.31 Å². The van der Waals surface area contributed by atoms with Crippen molar-refractivity contribution in [3.8, 4) is 0 Å². The highest BCUT2D eigenvalue weighted by atomic mass is 35.5. The molecule has 1 N–H and O–H groups in total. The Hall–Kier alpha value is -1.61. The van der Waals surface area contributed by atoms with Crippen LogP contribution in [0.2, 0.25) is 5.02 Å². The fourth-order valence-corrected chi connectivity index (χ4v) is 6.17. The fourth-order valence-electron chi connectivity index (χ4n) is 2.99. The number of benzene rings is 2. The maximum atomic E-state index is 12.9. The summed E-state index contributed by atoms with van der Waals surface area (Å²) in [7, 11) is -7.60. The zero-order valence-electron chi connectivity index (χ0n) is 14.9. The van der Waals surface area contributed by atoms with E-state index < -0.39 is 20.0 Å². The Kier molecular flexibility index (Phi) is 5.81. The van der Waals surface area contributed by atoms with Crippen molar-refractivity contribution in [2.45, 2.75) is 36.0 Å². The first kappa shape index (κ1) is 20.1. The molecule has 0 radical (unpaired) electrons. The molecule has 1 heterocycles. The number of rotatable bonds is 5. The maximum absolute atomic E-state index is 12.9. The molecule has 0 bridgehead atoms. The van der Waals surface area contributed by atoms with Crippen molar-refractivity contribution in [1.29, 1.82) is 0 Å². The fraction of sp³-hybridized carbons (Fsp3) is 0.333. The zero-order valence-corrected chi connectivity index (χ0v) is 17.2. The van der Waals surface area contributed by atoms with Crippen LogP contribution in [0.25, 0.3) is 0 Å². The molecule has 0 atom stereocenters. The van der Waals surface area contributed by atoms with E-state index in [0.29, 0.717) is 18.7 Å². The van der Waals surface area contributed by atoms with Gasteiger partial charge in [0.2, 0.25) is 10.0 Å². The molecule has 0 unspecified atom stereocenters. The molecule has 1 aliphatic rings. The Balaban J connectivity index is 1.95. The van der Waals surface area contributed by atoms with E-state index in [1.807, 2.05) is 0 Å². The number of sulfonamides is 2. The average Bonchev–Trinajstić information content (AvgIpc) is 2.64. The van der Waals surface area contributed by atoms with Crippen LogP contribution < -0.4 is 4.72 Å². The predicted molar refractivity (Wildman–Crippen MR) is 106 cm³/mol. The quantitative estimate of drug-likeness (QED) is 0.788. The number of nitrogens with one attached hydrogen (secondary N) is 1. The van der Waals surface area contributed by atoms with E-state index in [4.69, 9.17) is 11.6 Å². The first-order valence-corrected chi connectivity index (χ1v) is 11.9. The first-order valence-electron chi connectivity index (χ1n) is 8.60. The number of piperidine rings is 1. The lowest BCUT2D eigenvalue weighted by molar-refractivity contribution is 0.346. The highest BCUT2D eigenvalue weighted by Crippen LogP contribution is 2.28. The molecule has 6 nitrogen and oxygen atoms in total. The SMILES string of the molecule is Cc1ccc(S(=O)(=O)N2CCCCC2)cc1NS(=O)(=O)c1ccccc1Cl. The standard InChI is InChI=1S/C18H21ClN2O4S2/c1-14-9-10-15(27(24,25)21-11-5-2-6-12-21)13-17(14)20-26(22,23)18-8-4-3-7-16(18)19/h3-4,7-10,13,20H,2,5-6,11-12H2,1H3. The summed E-state index contributed by atoms with van der Waals surface area (Å²) in [6.07, 6.45) is 2.68. The van der Waals surface area contributed by atoms with Crippen LogP contribution in [0.3, 0.4) is 0 Å². The van der Waals surface area contributed by atoms with Gasteiger partial charge in [0.15, 0.2) is 0 Å². The summed E-state index contributed by atoms with van der Waals surface area (Å²) in [5.74, 6) is 0. The van der Waals surface area contributed by atoms with Gasteiger partial charge in [-0.05, 0) is 49.6 Å². The second-order valence-corrected chi connectivity index (χ2v) is 10.5. The second kappa shape index (κ2) is 7.79. The Morgan fingerprint density at radius 1 is 0.963 bits per heavy atom. The molecule has 1 aliphatic heterocycles. The van der Waals surface area contributed by atoms with Crippen molar-refractivity contribution in [3.63, 3.8) is 0 Å². The maximum Gasteiger partial charge on any atom is 0.263 e. The van der Waals surface area contributed by atoms with Gasteiger partial charge in [0.1, 0.15) is 4.90 Å². The van der Waals surface area contributed by atoms with Gasteiger partial charge in [-0.15, -0.1) is 0 Å². The number of hydrogen-bond donors (Lipinski definition) is 1. The molecule has 27 heavy (non-hydrogen) atoms. The summed E-state index contributed by atoms with van der Waals surface area (Å²) in [4.78, 5) is 0.0159. The highest BCUT2D eigenvalue weighted by Gasteiger charge is 2.27. The van der Waals surface area contributed by atoms with Gasteiger partial charge in [0, 0.05) is 13.1 Å². The van der Waals surface area contributed by atoms with Gasteiger partial charge in [-0.2, -0.15) is 4.31 Å². The highest BCUT2D eigenvalue weighted by molar-refractivity contribution is 7.93. The molecule has 1 fully saturated rings. The van der Waals surface area contributed by atoms with Crippen LogP contribution in [0.4, 0.5) is 5.69 Å². The largest absolute Gasteiger partial charge is 0.279 e. The van der Waals surface area contributed by atoms with Crippen LogP contribution in [0.5, 0.6) is 0 Å². The van der Waals surface area contributed by atoms with E-state index >= 15 is 0 Å². The Bertz CT molecular complexity index is 1050. The van der Waals surface area contributed by atoms with Crippen molar-refractivity contribution < 1.29 is 16.8 Å². The molecule has 2 aromatic carbocycles. The number of aryl methyl sites for hydroxylation is 1. The molecule has 146 valence electrons. The van der Waals surface area contributed by atoms with Crippen molar-refractivity contribution in [2.75, 3.05) is 17.8 Å². The van der Waals surface area contributed by atoms with Gasteiger partial charge in [-0.1, -0.05) is 36.2 Å². The van der Waals surface area contributed by atoms with E-state index in [1.165, 1.54) is 28.6 Å². The van der Waals surface area contributed by atoms with Crippen molar-refractivity contribution in [2.24, 2.45) is 0 Å². The van der Waals surface area contributed by atoms with Gasteiger partial charge in [-0.25, -0.2) is 16.8 Å². The lowest BCUT2D eigenvalue weighted by Crippen LogP contribution is -2.35. The van der Waals surface area contributed by atoms with Crippen LogP contribution in [0.1, 0.15) is 24.8 Å². The van der Waals surface area contributed by atoms with Crippen LogP contribution in [-0.2, 0) is 20.0 Å². The smallest absolute Gasteiger partial charge is 0.263 e. The predicted octanol–water partition coefficient (Wildman–Crippen LogP) is 3.62. The van der Waals surface area contributed by atoms with Crippen LogP contribution in [-0.4, -0.2) is 34.2 Å². The van der Waals surface area contributed by atoms with E-state index in [-0.39, 0.29) is 20.5 Å². The molecule has 0 saturated carbocycles. The van der Waals surface area contributed by atoms with Gasteiger partial charge in [0.05, 0.1) is 15.6 Å². The van der Waals surface area contributed by atoms with E-state index in [1.54, 1.807) is 25.1 Å². The summed E-state index contributed by atoms with van der Waals surface area (Å²) in [6.45, 7) is 2.68. The van der Waals surface area contributed by atoms with E-state index in [9.17, 15) is 16.8 Å². The van der Waals surface area contributed by atoms with Gasteiger partial charge in [0.25, 0.3) is 10.0 Å². The minimum absolute atomic E-state index is 0.0599. The number of halogens is 1.